The van der Waals surface area contributed by atoms with Gasteiger partial charge in [-0.15, -0.1) is 0 Å². The van der Waals surface area contributed by atoms with E-state index in [1.165, 1.54) is 27.7 Å². The summed E-state index contributed by atoms with van der Waals surface area (Å²) in [5.74, 6) is 1.97. The fraction of sp³-hybridized carbons (Fsp3) is 0.364. The van der Waals surface area contributed by atoms with Crippen LogP contribution >= 0.6 is 0 Å². The van der Waals surface area contributed by atoms with Crippen LogP contribution in [0.25, 0.3) is 10.9 Å². The number of methoxy groups -OCH3 is 3. The minimum absolute atomic E-state index is 0.619. The van der Waals surface area contributed by atoms with E-state index in [9.17, 15) is 0 Å². The van der Waals surface area contributed by atoms with Crippen LogP contribution in [0.3, 0.4) is 0 Å². The fourth-order valence-electron chi connectivity index (χ4n) is 3.50. The molecule has 3 rings (SSSR count). The number of aryl methyl sites for hydroxylation is 2. The second-order valence-corrected chi connectivity index (χ2v) is 6.74. The molecule has 0 atom stereocenters. The molecule has 0 amide bonds. The summed E-state index contributed by atoms with van der Waals surface area (Å²) >= 11 is 0. The van der Waals surface area contributed by atoms with Crippen molar-refractivity contribution >= 4 is 10.9 Å². The maximum absolute atomic E-state index is 5.42. The molecule has 0 radical (unpaired) electrons. The zero-order valence-corrected chi connectivity index (χ0v) is 16.7. The highest BCUT2D eigenvalue weighted by atomic mass is 16.5. The molecular weight excluding hydrogens is 340 g/mol. The van der Waals surface area contributed by atoms with Crippen molar-refractivity contribution in [1.29, 1.82) is 0 Å². The molecule has 0 aliphatic carbocycles. The molecule has 2 N–H and O–H groups in total. The lowest BCUT2D eigenvalue weighted by molar-refractivity contribution is 0.323. The third-order valence-corrected chi connectivity index (χ3v) is 4.88. The highest BCUT2D eigenvalue weighted by Crippen LogP contribution is 2.38. The van der Waals surface area contributed by atoms with Crippen molar-refractivity contribution in [3.05, 3.63) is 52.7 Å². The molecule has 0 fully saturated rings. The smallest absolute Gasteiger partial charge is 0.203 e. The summed E-state index contributed by atoms with van der Waals surface area (Å²) in [6, 6.07) is 10.5. The molecule has 144 valence electrons. The van der Waals surface area contributed by atoms with Gasteiger partial charge in [0, 0.05) is 23.1 Å². The van der Waals surface area contributed by atoms with Crippen molar-refractivity contribution in [3.8, 4) is 17.2 Å². The summed E-state index contributed by atoms with van der Waals surface area (Å²) < 4.78 is 16.2. The Morgan fingerprint density at radius 2 is 1.63 bits per heavy atom. The molecule has 5 heteroatoms. The van der Waals surface area contributed by atoms with Crippen LogP contribution in [-0.2, 0) is 13.0 Å². The zero-order valence-electron chi connectivity index (χ0n) is 16.7. The van der Waals surface area contributed by atoms with E-state index >= 15 is 0 Å². The zero-order chi connectivity index (χ0) is 19.4. The van der Waals surface area contributed by atoms with Gasteiger partial charge in [0.25, 0.3) is 0 Å². The van der Waals surface area contributed by atoms with E-state index in [1.807, 2.05) is 12.1 Å². The van der Waals surface area contributed by atoms with Crippen LogP contribution in [0.15, 0.2) is 30.3 Å². The molecule has 1 aromatic heterocycles. The molecule has 5 nitrogen and oxygen atoms in total. The van der Waals surface area contributed by atoms with Gasteiger partial charge in [0.2, 0.25) is 5.75 Å². The number of aromatic nitrogens is 1. The Kier molecular flexibility index (Phi) is 5.91. The molecule has 0 unspecified atom stereocenters. The van der Waals surface area contributed by atoms with E-state index in [2.05, 4.69) is 42.3 Å². The van der Waals surface area contributed by atoms with Crippen LogP contribution in [0.5, 0.6) is 17.2 Å². The number of benzene rings is 2. The Morgan fingerprint density at radius 3 is 2.26 bits per heavy atom. The van der Waals surface area contributed by atoms with Crippen molar-refractivity contribution in [2.75, 3.05) is 27.9 Å². The summed E-state index contributed by atoms with van der Waals surface area (Å²) in [5.41, 5.74) is 6.21. The van der Waals surface area contributed by atoms with Gasteiger partial charge in [-0.25, -0.2) is 0 Å². The standard InChI is InChI=1S/C22H28N2O3/c1-14-6-7-19-18(10-14)17(15(2)24-19)8-9-23-13-16-11-20(25-3)22(27-5)21(12-16)26-4/h6-7,10-12,23-24H,8-9,13H2,1-5H3. The predicted octanol–water partition coefficient (Wildman–Crippen LogP) is 4.14. The highest BCUT2D eigenvalue weighted by Gasteiger charge is 2.13. The fourth-order valence-corrected chi connectivity index (χ4v) is 3.50. The molecule has 0 saturated heterocycles. The highest BCUT2D eigenvalue weighted by molar-refractivity contribution is 5.85. The van der Waals surface area contributed by atoms with Crippen LogP contribution in [0.2, 0.25) is 0 Å². The van der Waals surface area contributed by atoms with Crippen molar-refractivity contribution < 1.29 is 14.2 Å². The summed E-state index contributed by atoms with van der Waals surface area (Å²) in [5, 5.41) is 4.84. The van der Waals surface area contributed by atoms with Gasteiger partial charge in [0.1, 0.15) is 0 Å². The number of nitrogens with one attached hydrogen (secondary N) is 2. The van der Waals surface area contributed by atoms with Gasteiger partial charge >= 0.3 is 0 Å². The van der Waals surface area contributed by atoms with Crippen molar-refractivity contribution in [1.82, 2.24) is 10.3 Å². The molecule has 0 saturated carbocycles. The molecule has 2 aromatic carbocycles. The lowest BCUT2D eigenvalue weighted by Gasteiger charge is -2.14. The SMILES string of the molecule is COc1cc(CNCCc2c(C)[nH]c3ccc(C)cc23)cc(OC)c1OC. The van der Waals surface area contributed by atoms with Crippen molar-refractivity contribution in [2.45, 2.75) is 26.8 Å². The van der Waals surface area contributed by atoms with E-state index in [1.54, 1.807) is 21.3 Å². The normalized spacial score (nSPS) is 11.0. The van der Waals surface area contributed by atoms with Crippen LogP contribution in [-0.4, -0.2) is 32.9 Å². The second-order valence-electron chi connectivity index (χ2n) is 6.74. The number of ether oxygens (including phenoxy) is 3. The molecule has 0 aliphatic heterocycles. The molecule has 0 aliphatic rings. The number of aromatic amines is 1. The number of fused-ring (bicyclic) bond motifs is 1. The largest absolute Gasteiger partial charge is 0.493 e. The van der Waals surface area contributed by atoms with Gasteiger partial charge in [0.05, 0.1) is 21.3 Å². The molecule has 3 aromatic rings. The van der Waals surface area contributed by atoms with E-state index < -0.39 is 0 Å². The van der Waals surface area contributed by atoms with Crippen LogP contribution < -0.4 is 19.5 Å². The Morgan fingerprint density at radius 1 is 0.926 bits per heavy atom. The Balaban J connectivity index is 1.67. The number of hydrogen-bond acceptors (Lipinski definition) is 4. The third kappa shape index (κ3) is 4.03. The Hall–Kier alpha value is -2.66. The summed E-state index contributed by atoms with van der Waals surface area (Å²) in [7, 11) is 4.89. The molecular formula is C22H28N2O3. The first kappa shape index (κ1) is 19.1. The van der Waals surface area contributed by atoms with Gasteiger partial charge in [-0.05, 0) is 62.2 Å². The summed E-state index contributed by atoms with van der Waals surface area (Å²) in [4.78, 5) is 3.48. The van der Waals surface area contributed by atoms with E-state index in [4.69, 9.17) is 14.2 Å². The molecule has 1 heterocycles. The number of H-pyrrole nitrogens is 1. The quantitative estimate of drug-likeness (QED) is 0.587. The maximum Gasteiger partial charge on any atom is 0.203 e. The van der Waals surface area contributed by atoms with E-state index in [-0.39, 0.29) is 0 Å². The topological polar surface area (TPSA) is 55.5 Å². The average molecular weight is 368 g/mol. The monoisotopic (exact) mass is 368 g/mol. The lowest BCUT2D eigenvalue weighted by Crippen LogP contribution is -2.17. The van der Waals surface area contributed by atoms with Gasteiger partial charge < -0.3 is 24.5 Å². The molecule has 0 spiro atoms. The minimum Gasteiger partial charge on any atom is -0.493 e. The van der Waals surface area contributed by atoms with Crippen LogP contribution in [0.1, 0.15) is 22.4 Å². The van der Waals surface area contributed by atoms with Crippen molar-refractivity contribution in [3.63, 3.8) is 0 Å². The van der Waals surface area contributed by atoms with Gasteiger partial charge in [-0.2, -0.15) is 0 Å². The first-order valence-electron chi connectivity index (χ1n) is 9.14. The van der Waals surface area contributed by atoms with Gasteiger partial charge in [-0.1, -0.05) is 11.6 Å². The first-order valence-corrected chi connectivity index (χ1v) is 9.14. The molecule has 0 bridgehead atoms. The average Bonchev–Trinajstić information content (AvgIpc) is 2.98. The maximum atomic E-state index is 5.42. The van der Waals surface area contributed by atoms with Crippen LogP contribution in [0, 0.1) is 13.8 Å². The van der Waals surface area contributed by atoms with E-state index in [0.717, 1.165) is 25.1 Å². The lowest BCUT2D eigenvalue weighted by atomic mass is 10.1. The summed E-state index contributed by atoms with van der Waals surface area (Å²) in [6.07, 6.45) is 0.972. The van der Waals surface area contributed by atoms with Crippen LogP contribution in [0.4, 0.5) is 0 Å². The minimum atomic E-state index is 0.619. The Bertz CT molecular complexity index is 906. The number of hydrogen-bond donors (Lipinski definition) is 2. The van der Waals surface area contributed by atoms with Crippen molar-refractivity contribution in [2.24, 2.45) is 0 Å². The van der Waals surface area contributed by atoms with E-state index in [0.29, 0.717) is 17.2 Å². The number of rotatable bonds is 8. The van der Waals surface area contributed by atoms with Gasteiger partial charge in [0.15, 0.2) is 11.5 Å². The Labute approximate surface area is 160 Å². The van der Waals surface area contributed by atoms with Gasteiger partial charge in [-0.3, -0.25) is 0 Å². The first-order chi connectivity index (χ1) is 13.1. The predicted molar refractivity (Wildman–Crippen MR) is 109 cm³/mol. The summed E-state index contributed by atoms with van der Waals surface area (Å²) in [6.45, 7) is 5.90. The molecule has 27 heavy (non-hydrogen) atoms. The third-order valence-electron chi connectivity index (χ3n) is 4.88. The second kappa shape index (κ2) is 8.35.